The minimum atomic E-state index is 0.390. The van der Waals surface area contributed by atoms with E-state index in [9.17, 15) is 4.79 Å². The Hall–Kier alpha value is -1.42. The van der Waals surface area contributed by atoms with Gasteiger partial charge in [0.25, 0.3) is 0 Å². The first kappa shape index (κ1) is 8.19. The quantitative estimate of drug-likeness (QED) is 0.511. The highest BCUT2D eigenvalue weighted by Gasteiger charge is 2.08. The molecule has 0 aliphatic heterocycles. The Kier molecular flexibility index (Phi) is 1.77. The number of nitrogens with zero attached hydrogens (tertiary/aromatic N) is 3. The molecule has 0 aromatic carbocycles. The summed E-state index contributed by atoms with van der Waals surface area (Å²) in [7, 11) is 1.72. The molecule has 0 aliphatic rings. The molecule has 0 amide bonds. The summed E-state index contributed by atoms with van der Waals surface area (Å²) >= 11 is 5.70. The molecule has 0 saturated carbocycles. The Labute approximate surface area is 79.1 Å². The molecule has 0 N–H and O–H groups in total. The van der Waals surface area contributed by atoms with E-state index in [1.807, 2.05) is 0 Å². The molecule has 4 nitrogen and oxygen atoms in total. The van der Waals surface area contributed by atoms with Gasteiger partial charge in [0, 0.05) is 12.4 Å². The summed E-state index contributed by atoms with van der Waals surface area (Å²) < 4.78 is 1.53. The van der Waals surface area contributed by atoms with Gasteiger partial charge in [0.2, 0.25) is 0 Å². The van der Waals surface area contributed by atoms with Gasteiger partial charge < -0.3 is 0 Å². The van der Waals surface area contributed by atoms with E-state index in [0.29, 0.717) is 22.8 Å². The van der Waals surface area contributed by atoms with E-state index < -0.39 is 0 Å². The summed E-state index contributed by atoms with van der Waals surface area (Å²) in [6, 6.07) is 3.37. The normalized spacial score (nSPS) is 10.6. The van der Waals surface area contributed by atoms with Crippen LogP contribution in [-0.4, -0.2) is 21.1 Å². The third-order valence-corrected chi connectivity index (χ3v) is 2.00. The summed E-state index contributed by atoms with van der Waals surface area (Å²) in [5.41, 5.74) is 1.01. The second kappa shape index (κ2) is 2.81. The molecule has 2 aromatic rings. The highest BCUT2D eigenvalue weighted by atomic mass is 35.5. The molecular weight excluding hydrogens is 190 g/mol. The fourth-order valence-electron chi connectivity index (χ4n) is 1.22. The number of carbonyl (C=O) groups excluding carboxylic acids is 1. The SMILES string of the molecule is Cn1nc(C=O)c2ccc(Cl)nc21. The molecule has 0 unspecified atom stereocenters. The molecule has 5 heteroatoms. The van der Waals surface area contributed by atoms with Gasteiger partial charge in [-0.3, -0.25) is 4.79 Å². The number of aryl methyl sites for hydroxylation is 1. The van der Waals surface area contributed by atoms with Crippen LogP contribution in [0.15, 0.2) is 12.1 Å². The second-order valence-electron chi connectivity index (χ2n) is 2.63. The summed E-state index contributed by atoms with van der Waals surface area (Å²) in [5.74, 6) is 0. The number of pyridine rings is 1. The van der Waals surface area contributed by atoms with E-state index in [4.69, 9.17) is 11.6 Å². The van der Waals surface area contributed by atoms with Gasteiger partial charge in [0.1, 0.15) is 10.8 Å². The second-order valence-corrected chi connectivity index (χ2v) is 3.02. The van der Waals surface area contributed by atoms with Crippen LogP contribution >= 0.6 is 11.6 Å². The van der Waals surface area contributed by atoms with Gasteiger partial charge in [-0.1, -0.05) is 11.6 Å². The van der Waals surface area contributed by atoms with Crippen molar-refractivity contribution in [3.8, 4) is 0 Å². The van der Waals surface area contributed by atoms with Gasteiger partial charge in [-0.15, -0.1) is 0 Å². The predicted octanol–water partition coefficient (Wildman–Crippen LogP) is 1.43. The van der Waals surface area contributed by atoms with Crippen molar-refractivity contribution >= 4 is 28.9 Å². The van der Waals surface area contributed by atoms with Gasteiger partial charge in [0.05, 0.1) is 0 Å². The number of carbonyl (C=O) groups is 1. The first-order valence-corrected chi connectivity index (χ1v) is 4.04. The molecule has 2 rings (SSSR count). The van der Waals surface area contributed by atoms with Gasteiger partial charge in [-0.25, -0.2) is 9.67 Å². The lowest BCUT2D eigenvalue weighted by Crippen LogP contribution is -1.92. The fraction of sp³-hybridized carbons (Fsp3) is 0.125. The first-order chi connectivity index (χ1) is 6.22. The predicted molar refractivity (Wildman–Crippen MR) is 48.9 cm³/mol. The zero-order chi connectivity index (χ0) is 9.42. The lowest BCUT2D eigenvalue weighted by molar-refractivity contribution is 0.112. The maximum absolute atomic E-state index is 10.6. The van der Waals surface area contributed by atoms with E-state index >= 15 is 0 Å². The molecule has 0 saturated heterocycles. The van der Waals surface area contributed by atoms with Crippen molar-refractivity contribution in [2.24, 2.45) is 7.05 Å². The molecule has 0 bridgehead atoms. The van der Waals surface area contributed by atoms with E-state index in [-0.39, 0.29) is 0 Å². The van der Waals surface area contributed by atoms with E-state index in [1.54, 1.807) is 19.2 Å². The van der Waals surface area contributed by atoms with Gasteiger partial charge >= 0.3 is 0 Å². The number of hydrogen-bond acceptors (Lipinski definition) is 3. The maximum atomic E-state index is 10.6. The maximum Gasteiger partial charge on any atom is 0.171 e. The number of aromatic nitrogens is 3. The zero-order valence-electron chi connectivity index (χ0n) is 6.86. The van der Waals surface area contributed by atoms with Gasteiger partial charge in [0.15, 0.2) is 11.9 Å². The number of rotatable bonds is 1. The van der Waals surface area contributed by atoms with Crippen molar-refractivity contribution in [3.63, 3.8) is 0 Å². The average Bonchev–Trinajstić information content (AvgIpc) is 2.43. The number of aldehydes is 1. The molecular formula is C8H6ClN3O. The molecule has 0 spiro atoms. The average molecular weight is 196 g/mol. The highest BCUT2D eigenvalue weighted by molar-refractivity contribution is 6.29. The molecule has 0 fully saturated rings. The van der Waals surface area contributed by atoms with Crippen molar-refractivity contribution < 1.29 is 4.79 Å². The van der Waals surface area contributed by atoms with E-state index in [1.165, 1.54) is 4.68 Å². The van der Waals surface area contributed by atoms with Crippen molar-refractivity contribution in [1.82, 2.24) is 14.8 Å². The van der Waals surface area contributed by atoms with Gasteiger partial charge in [-0.2, -0.15) is 5.10 Å². The lowest BCUT2D eigenvalue weighted by atomic mass is 10.3. The van der Waals surface area contributed by atoms with Crippen LogP contribution in [0.3, 0.4) is 0 Å². The molecule has 0 aliphatic carbocycles. The lowest BCUT2D eigenvalue weighted by Gasteiger charge is -1.92. The third kappa shape index (κ3) is 1.19. The van der Waals surface area contributed by atoms with Crippen LogP contribution in [0, 0.1) is 0 Å². The summed E-state index contributed by atoms with van der Waals surface area (Å²) in [6.45, 7) is 0. The zero-order valence-corrected chi connectivity index (χ0v) is 7.62. The number of hydrogen-bond donors (Lipinski definition) is 0. The van der Waals surface area contributed by atoms with E-state index in [2.05, 4.69) is 10.1 Å². The molecule has 2 heterocycles. The van der Waals surface area contributed by atoms with Crippen molar-refractivity contribution in [2.75, 3.05) is 0 Å². The Morgan fingerprint density at radius 3 is 3.00 bits per heavy atom. The minimum absolute atomic E-state index is 0.390. The van der Waals surface area contributed by atoms with Crippen LogP contribution in [0.4, 0.5) is 0 Å². The van der Waals surface area contributed by atoms with Crippen molar-refractivity contribution in [2.45, 2.75) is 0 Å². The third-order valence-electron chi connectivity index (χ3n) is 1.79. The number of halogens is 1. The van der Waals surface area contributed by atoms with Crippen LogP contribution in [0.2, 0.25) is 5.15 Å². The summed E-state index contributed by atoms with van der Waals surface area (Å²) in [4.78, 5) is 14.6. The first-order valence-electron chi connectivity index (χ1n) is 3.67. The van der Waals surface area contributed by atoms with Crippen molar-refractivity contribution in [3.05, 3.63) is 23.0 Å². The summed E-state index contributed by atoms with van der Waals surface area (Å²) in [5, 5.41) is 5.10. The van der Waals surface area contributed by atoms with Crippen LogP contribution in [0.1, 0.15) is 10.5 Å². The Morgan fingerprint density at radius 2 is 2.31 bits per heavy atom. The molecule has 0 radical (unpaired) electrons. The minimum Gasteiger partial charge on any atom is -0.296 e. The standard InChI is InChI=1S/C8H6ClN3O/c1-12-8-5(6(4-13)11-12)2-3-7(9)10-8/h2-4H,1H3. The highest BCUT2D eigenvalue weighted by Crippen LogP contribution is 2.16. The molecule has 13 heavy (non-hydrogen) atoms. The molecule has 2 aromatic heterocycles. The number of fused-ring (bicyclic) bond motifs is 1. The Balaban J connectivity index is 2.88. The Bertz CT molecular complexity index is 477. The monoisotopic (exact) mass is 195 g/mol. The van der Waals surface area contributed by atoms with E-state index in [0.717, 1.165) is 5.39 Å². The largest absolute Gasteiger partial charge is 0.296 e. The molecule has 66 valence electrons. The van der Waals surface area contributed by atoms with Crippen LogP contribution in [0.25, 0.3) is 11.0 Å². The van der Waals surface area contributed by atoms with Crippen LogP contribution in [0.5, 0.6) is 0 Å². The fourth-order valence-corrected chi connectivity index (χ4v) is 1.36. The van der Waals surface area contributed by atoms with Crippen molar-refractivity contribution in [1.29, 1.82) is 0 Å². The summed E-state index contributed by atoms with van der Waals surface area (Å²) in [6.07, 6.45) is 0.706. The van der Waals surface area contributed by atoms with Gasteiger partial charge in [-0.05, 0) is 12.1 Å². The van der Waals surface area contributed by atoms with Crippen LogP contribution < -0.4 is 0 Å². The smallest absolute Gasteiger partial charge is 0.171 e. The topological polar surface area (TPSA) is 47.8 Å². The molecule has 0 atom stereocenters. The van der Waals surface area contributed by atoms with Crippen LogP contribution in [-0.2, 0) is 7.05 Å². The Morgan fingerprint density at radius 1 is 1.54 bits per heavy atom.